The first-order valence-corrected chi connectivity index (χ1v) is 11.0. The molecule has 0 N–H and O–H groups in total. The molecule has 0 aliphatic rings. The van der Waals surface area contributed by atoms with Crippen molar-refractivity contribution in [3.63, 3.8) is 0 Å². The molecule has 4 aromatic carbocycles. The van der Waals surface area contributed by atoms with Gasteiger partial charge in [-0.3, -0.25) is 0 Å². The molecule has 4 nitrogen and oxygen atoms in total. The van der Waals surface area contributed by atoms with Crippen molar-refractivity contribution in [3.05, 3.63) is 130 Å². The molecule has 0 bridgehead atoms. The van der Waals surface area contributed by atoms with Gasteiger partial charge < -0.3 is 13.9 Å². The fraction of sp³-hybridized carbons (Fsp3) is 0.0690. The molecule has 174 valence electrons. The molecule has 0 radical (unpaired) electrons. The third-order valence-electron chi connectivity index (χ3n) is 5.56. The second-order valence-corrected chi connectivity index (χ2v) is 7.90. The molecule has 0 aliphatic carbocycles. The number of benzene rings is 4. The van der Waals surface area contributed by atoms with Crippen LogP contribution in [0, 0.1) is 11.6 Å². The molecule has 0 fully saturated rings. The number of ether oxygens (including phenoxy) is 2. The molecule has 0 atom stereocenters. The van der Waals surface area contributed by atoms with Gasteiger partial charge >= 0.3 is 5.63 Å². The molecule has 35 heavy (non-hydrogen) atoms. The molecule has 0 aliphatic heterocycles. The normalized spacial score (nSPS) is 10.9. The van der Waals surface area contributed by atoms with E-state index in [0.29, 0.717) is 33.6 Å². The predicted molar refractivity (Wildman–Crippen MR) is 129 cm³/mol. The van der Waals surface area contributed by atoms with E-state index in [1.165, 1.54) is 18.2 Å². The summed E-state index contributed by atoms with van der Waals surface area (Å²) in [4.78, 5) is 12.4. The van der Waals surface area contributed by atoms with Crippen LogP contribution in [-0.2, 0) is 13.2 Å². The van der Waals surface area contributed by atoms with Crippen LogP contribution in [0.4, 0.5) is 8.78 Å². The maximum Gasteiger partial charge on any atom is 0.336 e. The Morgan fingerprint density at radius 3 is 1.94 bits per heavy atom. The smallest absolute Gasteiger partial charge is 0.336 e. The zero-order chi connectivity index (χ0) is 24.2. The molecule has 0 amide bonds. The van der Waals surface area contributed by atoms with Gasteiger partial charge in [-0.25, -0.2) is 13.6 Å². The van der Waals surface area contributed by atoms with E-state index >= 15 is 0 Å². The maximum absolute atomic E-state index is 14.2. The third kappa shape index (κ3) is 4.92. The van der Waals surface area contributed by atoms with E-state index in [0.717, 1.165) is 5.56 Å². The first kappa shape index (κ1) is 22.3. The zero-order valence-corrected chi connectivity index (χ0v) is 18.5. The average Bonchev–Trinajstić information content (AvgIpc) is 2.87. The van der Waals surface area contributed by atoms with E-state index < -0.39 is 11.4 Å². The molecule has 1 heterocycles. The summed E-state index contributed by atoms with van der Waals surface area (Å²) in [6.45, 7) is -0.0839. The standard InChI is InChI=1S/C29H20F2O4/c30-24-12-6-4-10-20(24)17-33-22-14-26(34-18-21-11-5-7-13-25(21)31)29-23(19-8-2-1-3-9-19)16-28(32)35-27(29)15-22/h1-16H,17-18H2. The minimum Gasteiger partial charge on any atom is -0.489 e. The topological polar surface area (TPSA) is 48.7 Å². The summed E-state index contributed by atoms with van der Waals surface area (Å²) in [5.74, 6) is -0.115. The first-order chi connectivity index (χ1) is 17.1. The average molecular weight is 470 g/mol. The lowest BCUT2D eigenvalue weighted by Gasteiger charge is -2.15. The first-order valence-electron chi connectivity index (χ1n) is 11.0. The number of fused-ring (bicyclic) bond motifs is 1. The van der Waals surface area contributed by atoms with Crippen LogP contribution in [0.3, 0.4) is 0 Å². The highest BCUT2D eigenvalue weighted by Crippen LogP contribution is 2.38. The van der Waals surface area contributed by atoms with Crippen LogP contribution in [0.2, 0.25) is 0 Å². The molecule has 0 spiro atoms. The molecule has 6 heteroatoms. The Morgan fingerprint density at radius 2 is 1.29 bits per heavy atom. The predicted octanol–water partition coefficient (Wildman–Crippen LogP) is 6.90. The van der Waals surface area contributed by atoms with Gasteiger partial charge in [-0.1, -0.05) is 66.7 Å². The second kappa shape index (κ2) is 9.81. The van der Waals surface area contributed by atoms with E-state index in [-0.39, 0.29) is 24.6 Å². The van der Waals surface area contributed by atoms with Gasteiger partial charge in [-0.15, -0.1) is 0 Å². The van der Waals surface area contributed by atoms with E-state index in [9.17, 15) is 13.6 Å². The van der Waals surface area contributed by atoms with Crippen molar-refractivity contribution in [2.24, 2.45) is 0 Å². The van der Waals surface area contributed by atoms with Gasteiger partial charge in [-0.2, -0.15) is 0 Å². The fourth-order valence-corrected chi connectivity index (χ4v) is 3.83. The fourth-order valence-electron chi connectivity index (χ4n) is 3.83. The highest BCUT2D eigenvalue weighted by molar-refractivity contribution is 5.98. The van der Waals surface area contributed by atoms with Gasteiger partial charge in [0.1, 0.15) is 41.9 Å². The summed E-state index contributed by atoms with van der Waals surface area (Å²) in [5, 5.41) is 0.547. The Kier molecular flexibility index (Phi) is 6.26. The minimum atomic E-state index is -0.539. The van der Waals surface area contributed by atoms with Gasteiger partial charge in [0, 0.05) is 34.9 Å². The van der Waals surface area contributed by atoms with Crippen LogP contribution in [0.5, 0.6) is 11.5 Å². The van der Waals surface area contributed by atoms with Crippen molar-refractivity contribution >= 4 is 11.0 Å². The van der Waals surface area contributed by atoms with Crippen LogP contribution in [-0.4, -0.2) is 0 Å². The lowest BCUT2D eigenvalue weighted by atomic mass is 10.0. The maximum atomic E-state index is 14.2. The highest BCUT2D eigenvalue weighted by atomic mass is 19.1. The monoisotopic (exact) mass is 470 g/mol. The summed E-state index contributed by atoms with van der Waals surface area (Å²) in [6, 6.07) is 26.6. The molecule has 0 unspecified atom stereocenters. The van der Waals surface area contributed by atoms with E-state index in [1.54, 1.807) is 48.5 Å². The van der Waals surface area contributed by atoms with Crippen LogP contribution in [0.15, 0.2) is 106 Å². The molecule has 0 saturated heterocycles. The van der Waals surface area contributed by atoms with Gasteiger partial charge in [0.15, 0.2) is 0 Å². The van der Waals surface area contributed by atoms with Crippen molar-refractivity contribution in [1.82, 2.24) is 0 Å². The zero-order valence-electron chi connectivity index (χ0n) is 18.5. The van der Waals surface area contributed by atoms with Crippen LogP contribution in [0.1, 0.15) is 11.1 Å². The summed E-state index contributed by atoms with van der Waals surface area (Å²) in [5.41, 5.74) is 1.86. The second-order valence-electron chi connectivity index (χ2n) is 7.90. The van der Waals surface area contributed by atoms with Crippen LogP contribution < -0.4 is 15.1 Å². The lowest BCUT2D eigenvalue weighted by Crippen LogP contribution is -2.04. The van der Waals surface area contributed by atoms with E-state index in [2.05, 4.69) is 0 Å². The Hall–Kier alpha value is -4.45. The van der Waals surface area contributed by atoms with E-state index in [1.807, 2.05) is 30.3 Å². The molecular formula is C29H20F2O4. The number of rotatable bonds is 7. The lowest BCUT2D eigenvalue weighted by molar-refractivity contribution is 0.286. The van der Waals surface area contributed by atoms with Crippen molar-refractivity contribution in [3.8, 4) is 22.6 Å². The van der Waals surface area contributed by atoms with Crippen LogP contribution >= 0.6 is 0 Å². The van der Waals surface area contributed by atoms with Crippen molar-refractivity contribution in [1.29, 1.82) is 0 Å². The number of hydrogen-bond acceptors (Lipinski definition) is 4. The van der Waals surface area contributed by atoms with Gasteiger partial charge in [0.2, 0.25) is 0 Å². The van der Waals surface area contributed by atoms with Crippen LogP contribution in [0.25, 0.3) is 22.1 Å². The van der Waals surface area contributed by atoms with E-state index in [4.69, 9.17) is 13.9 Å². The summed E-state index contributed by atoms with van der Waals surface area (Å²) < 4.78 is 45.7. The SMILES string of the molecule is O=c1cc(-c2ccccc2)c2c(OCc3ccccc3F)cc(OCc3ccccc3F)cc2o1. The van der Waals surface area contributed by atoms with Crippen molar-refractivity contribution in [2.45, 2.75) is 13.2 Å². The third-order valence-corrected chi connectivity index (χ3v) is 5.56. The Morgan fingerprint density at radius 1 is 0.686 bits per heavy atom. The largest absolute Gasteiger partial charge is 0.489 e. The Balaban J connectivity index is 1.60. The van der Waals surface area contributed by atoms with Gasteiger partial charge in [0.05, 0.1) is 5.39 Å². The molecular weight excluding hydrogens is 450 g/mol. The van der Waals surface area contributed by atoms with Crippen molar-refractivity contribution in [2.75, 3.05) is 0 Å². The summed E-state index contributed by atoms with van der Waals surface area (Å²) >= 11 is 0. The molecule has 5 aromatic rings. The quantitative estimate of drug-likeness (QED) is 0.243. The summed E-state index contributed by atoms with van der Waals surface area (Å²) in [7, 11) is 0. The van der Waals surface area contributed by atoms with Gasteiger partial charge in [0.25, 0.3) is 0 Å². The summed E-state index contributed by atoms with van der Waals surface area (Å²) in [6.07, 6.45) is 0. The Bertz CT molecular complexity index is 1540. The Labute approximate surface area is 200 Å². The molecule has 0 saturated carbocycles. The number of hydrogen-bond donors (Lipinski definition) is 0. The van der Waals surface area contributed by atoms with Crippen molar-refractivity contribution < 1.29 is 22.7 Å². The number of halogens is 2. The molecule has 1 aromatic heterocycles. The highest BCUT2D eigenvalue weighted by Gasteiger charge is 2.17. The minimum absolute atomic E-state index is 0.0342. The molecule has 5 rings (SSSR count). The van der Waals surface area contributed by atoms with Gasteiger partial charge in [-0.05, 0) is 17.7 Å².